The van der Waals surface area contributed by atoms with Gasteiger partial charge >= 0.3 is 0 Å². The summed E-state index contributed by atoms with van der Waals surface area (Å²) in [6.45, 7) is 4.94. The molecule has 0 aromatic rings. The number of nitrogens with one attached hydrogen (secondary N) is 2. The SMILES string of the molecule is CCC1(C(=O)NCCCC2CCCC2)CCCNC1. The standard InChI is InChI=1S/C16H30N2O/c1-2-16(10-6-11-17-13-16)15(19)18-12-5-9-14-7-3-4-8-14/h14,17H,2-13H2,1H3,(H,18,19). The highest BCUT2D eigenvalue weighted by Crippen LogP contribution is 2.30. The van der Waals surface area contributed by atoms with Gasteiger partial charge in [-0.05, 0) is 44.6 Å². The Morgan fingerprint density at radius 1 is 1.32 bits per heavy atom. The first kappa shape index (κ1) is 14.8. The number of hydrogen-bond acceptors (Lipinski definition) is 2. The quantitative estimate of drug-likeness (QED) is 0.726. The zero-order chi connectivity index (χ0) is 13.6. The fourth-order valence-corrected chi connectivity index (χ4v) is 3.70. The van der Waals surface area contributed by atoms with Crippen LogP contribution in [-0.4, -0.2) is 25.5 Å². The van der Waals surface area contributed by atoms with Gasteiger partial charge in [-0.2, -0.15) is 0 Å². The summed E-state index contributed by atoms with van der Waals surface area (Å²) in [5, 5.41) is 6.57. The predicted molar refractivity (Wildman–Crippen MR) is 79.0 cm³/mol. The van der Waals surface area contributed by atoms with Crippen molar-refractivity contribution < 1.29 is 4.79 Å². The molecule has 1 heterocycles. The van der Waals surface area contributed by atoms with Crippen molar-refractivity contribution in [2.24, 2.45) is 11.3 Å². The van der Waals surface area contributed by atoms with Crippen LogP contribution in [0.15, 0.2) is 0 Å². The summed E-state index contributed by atoms with van der Waals surface area (Å²) in [7, 11) is 0. The zero-order valence-corrected chi connectivity index (χ0v) is 12.5. The van der Waals surface area contributed by atoms with Crippen molar-refractivity contribution in [3.63, 3.8) is 0 Å². The van der Waals surface area contributed by atoms with Crippen molar-refractivity contribution in [3.8, 4) is 0 Å². The van der Waals surface area contributed by atoms with Gasteiger partial charge in [0.05, 0.1) is 5.41 Å². The molecular formula is C16H30N2O. The van der Waals surface area contributed by atoms with Gasteiger partial charge in [0.1, 0.15) is 0 Å². The second-order valence-electron chi connectivity index (χ2n) is 6.46. The predicted octanol–water partition coefficient (Wildman–Crippen LogP) is 2.85. The fourth-order valence-electron chi connectivity index (χ4n) is 3.70. The minimum Gasteiger partial charge on any atom is -0.356 e. The number of carbonyl (C=O) groups is 1. The summed E-state index contributed by atoms with van der Waals surface area (Å²) >= 11 is 0. The molecule has 1 aliphatic heterocycles. The van der Waals surface area contributed by atoms with E-state index in [9.17, 15) is 4.79 Å². The van der Waals surface area contributed by atoms with E-state index < -0.39 is 0 Å². The fraction of sp³-hybridized carbons (Fsp3) is 0.938. The minimum absolute atomic E-state index is 0.133. The van der Waals surface area contributed by atoms with E-state index in [1.807, 2.05) is 0 Å². The van der Waals surface area contributed by atoms with E-state index in [1.165, 1.54) is 32.1 Å². The van der Waals surface area contributed by atoms with Gasteiger partial charge in [0.2, 0.25) is 5.91 Å². The first-order valence-electron chi connectivity index (χ1n) is 8.26. The smallest absolute Gasteiger partial charge is 0.227 e. The maximum atomic E-state index is 12.4. The highest BCUT2D eigenvalue weighted by molar-refractivity contribution is 5.82. The van der Waals surface area contributed by atoms with Gasteiger partial charge in [0.15, 0.2) is 0 Å². The van der Waals surface area contributed by atoms with E-state index in [4.69, 9.17) is 0 Å². The Labute approximate surface area is 117 Å². The second-order valence-corrected chi connectivity index (χ2v) is 6.46. The van der Waals surface area contributed by atoms with Gasteiger partial charge in [-0.1, -0.05) is 32.6 Å². The second kappa shape index (κ2) is 7.28. The molecule has 1 amide bonds. The van der Waals surface area contributed by atoms with Crippen LogP contribution in [0.5, 0.6) is 0 Å². The van der Waals surface area contributed by atoms with Crippen LogP contribution in [0.2, 0.25) is 0 Å². The largest absolute Gasteiger partial charge is 0.356 e. The maximum Gasteiger partial charge on any atom is 0.227 e. The molecule has 0 spiro atoms. The molecule has 2 aliphatic rings. The van der Waals surface area contributed by atoms with E-state index in [1.54, 1.807) is 0 Å². The summed E-state index contributed by atoms with van der Waals surface area (Å²) in [5.74, 6) is 1.22. The Bertz CT molecular complexity index is 278. The van der Waals surface area contributed by atoms with Crippen molar-refractivity contribution in [3.05, 3.63) is 0 Å². The van der Waals surface area contributed by atoms with Crippen LogP contribution >= 0.6 is 0 Å². The van der Waals surface area contributed by atoms with Crippen LogP contribution in [0.4, 0.5) is 0 Å². The maximum absolute atomic E-state index is 12.4. The first-order chi connectivity index (χ1) is 9.27. The summed E-state index contributed by atoms with van der Waals surface area (Å²) in [6, 6.07) is 0. The van der Waals surface area contributed by atoms with Crippen LogP contribution in [0.3, 0.4) is 0 Å². The van der Waals surface area contributed by atoms with E-state index in [-0.39, 0.29) is 11.3 Å². The van der Waals surface area contributed by atoms with Crippen LogP contribution in [0, 0.1) is 11.3 Å². The molecule has 0 aromatic heterocycles. The monoisotopic (exact) mass is 266 g/mol. The van der Waals surface area contributed by atoms with Crippen LogP contribution in [-0.2, 0) is 4.79 Å². The molecule has 1 aliphatic carbocycles. The van der Waals surface area contributed by atoms with E-state index >= 15 is 0 Å². The zero-order valence-electron chi connectivity index (χ0n) is 12.5. The highest BCUT2D eigenvalue weighted by Gasteiger charge is 2.37. The lowest BCUT2D eigenvalue weighted by Gasteiger charge is -2.35. The summed E-state index contributed by atoms with van der Waals surface area (Å²) < 4.78 is 0. The average molecular weight is 266 g/mol. The number of hydrogen-bond donors (Lipinski definition) is 2. The summed E-state index contributed by atoms with van der Waals surface area (Å²) in [5.41, 5.74) is -0.133. The molecule has 1 saturated carbocycles. The Kier molecular flexibility index (Phi) is 5.68. The number of amides is 1. The number of piperidine rings is 1. The van der Waals surface area contributed by atoms with Crippen LogP contribution in [0.1, 0.15) is 64.7 Å². The van der Waals surface area contributed by atoms with Crippen molar-refractivity contribution in [1.29, 1.82) is 0 Å². The molecule has 19 heavy (non-hydrogen) atoms. The summed E-state index contributed by atoms with van der Waals surface area (Å²) in [4.78, 5) is 12.4. The van der Waals surface area contributed by atoms with Crippen LogP contribution < -0.4 is 10.6 Å². The first-order valence-corrected chi connectivity index (χ1v) is 8.26. The molecule has 2 rings (SSSR count). The molecule has 2 fully saturated rings. The molecule has 2 N–H and O–H groups in total. The average Bonchev–Trinajstić information content (AvgIpc) is 2.97. The minimum atomic E-state index is -0.133. The third-order valence-corrected chi connectivity index (χ3v) is 5.18. The van der Waals surface area contributed by atoms with Gasteiger partial charge in [-0.15, -0.1) is 0 Å². The molecule has 3 heteroatoms. The van der Waals surface area contributed by atoms with Crippen molar-refractivity contribution in [2.75, 3.05) is 19.6 Å². The molecule has 3 nitrogen and oxygen atoms in total. The Morgan fingerprint density at radius 2 is 2.11 bits per heavy atom. The molecule has 110 valence electrons. The van der Waals surface area contributed by atoms with E-state index in [0.29, 0.717) is 0 Å². The topological polar surface area (TPSA) is 41.1 Å². The van der Waals surface area contributed by atoms with Gasteiger partial charge < -0.3 is 10.6 Å². The van der Waals surface area contributed by atoms with Gasteiger partial charge in [0, 0.05) is 13.1 Å². The van der Waals surface area contributed by atoms with Gasteiger partial charge in [-0.25, -0.2) is 0 Å². The van der Waals surface area contributed by atoms with Gasteiger partial charge in [-0.3, -0.25) is 4.79 Å². The molecule has 1 atom stereocenters. The molecule has 0 radical (unpaired) electrons. The van der Waals surface area contributed by atoms with Crippen molar-refractivity contribution in [2.45, 2.75) is 64.7 Å². The normalized spacial score (nSPS) is 28.5. The van der Waals surface area contributed by atoms with Crippen molar-refractivity contribution in [1.82, 2.24) is 10.6 Å². The molecule has 0 aromatic carbocycles. The van der Waals surface area contributed by atoms with Crippen molar-refractivity contribution >= 4 is 5.91 Å². The number of carbonyl (C=O) groups excluding carboxylic acids is 1. The van der Waals surface area contributed by atoms with E-state index in [2.05, 4.69) is 17.6 Å². The Balaban J connectivity index is 1.67. The molecule has 1 unspecified atom stereocenters. The molecular weight excluding hydrogens is 236 g/mol. The molecule has 1 saturated heterocycles. The summed E-state index contributed by atoms with van der Waals surface area (Å²) in [6.07, 6.45) is 11.3. The molecule has 0 bridgehead atoms. The highest BCUT2D eigenvalue weighted by atomic mass is 16.2. The third-order valence-electron chi connectivity index (χ3n) is 5.18. The third kappa shape index (κ3) is 3.95. The lowest BCUT2D eigenvalue weighted by atomic mass is 9.77. The van der Waals surface area contributed by atoms with E-state index in [0.717, 1.165) is 51.2 Å². The lowest BCUT2D eigenvalue weighted by Crippen LogP contribution is -2.50. The Hall–Kier alpha value is -0.570. The van der Waals surface area contributed by atoms with Gasteiger partial charge in [0.25, 0.3) is 0 Å². The lowest BCUT2D eigenvalue weighted by molar-refractivity contribution is -0.132. The van der Waals surface area contributed by atoms with Crippen LogP contribution in [0.25, 0.3) is 0 Å². The number of rotatable bonds is 6. The Morgan fingerprint density at radius 3 is 2.74 bits per heavy atom.